The molecule has 1 atom stereocenters. The van der Waals surface area contributed by atoms with E-state index in [2.05, 4.69) is 63.5 Å². The molecule has 1 heterocycles. The zero-order valence-corrected chi connectivity index (χ0v) is 18.0. The molecule has 5 heteroatoms. The number of carbonyl (C=O) groups excluding carboxylic acids is 2. The first kappa shape index (κ1) is 21.5. The second-order valence-corrected chi connectivity index (χ2v) is 8.72. The fraction of sp³-hybridized carbons (Fsp3) is 0.320. The van der Waals surface area contributed by atoms with Crippen molar-refractivity contribution in [3.8, 4) is 0 Å². The Morgan fingerprint density at radius 3 is 2.43 bits per heavy atom. The van der Waals surface area contributed by atoms with E-state index in [0.29, 0.717) is 5.92 Å². The molecule has 1 aromatic heterocycles. The van der Waals surface area contributed by atoms with Gasteiger partial charge in [-0.1, -0.05) is 51.6 Å². The summed E-state index contributed by atoms with van der Waals surface area (Å²) >= 11 is 0. The molecule has 5 nitrogen and oxygen atoms in total. The number of nitrogens with two attached hydrogens (primary N) is 2. The van der Waals surface area contributed by atoms with Crippen molar-refractivity contribution in [3.63, 3.8) is 0 Å². The van der Waals surface area contributed by atoms with Crippen LogP contribution < -0.4 is 11.5 Å². The van der Waals surface area contributed by atoms with Gasteiger partial charge in [0.1, 0.15) is 5.92 Å². The minimum absolute atomic E-state index is 0.0413. The zero-order chi connectivity index (χ0) is 22.2. The SMILES string of the molecule is C=C(c1ccc(CC(C(N)=O)C(N)=O)cn1)c1cc2c(cc1C)C(C)C=CC2(C)C. The highest BCUT2D eigenvalue weighted by Crippen LogP contribution is 2.40. The summed E-state index contributed by atoms with van der Waals surface area (Å²) in [6.07, 6.45) is 6.31. The van der Waals surface area contributed by atoms with Crippen LogP contribution >= 0.6 is 0 Å². The van der Waals surface area contributed by atoms with E-state index in [-0.39, 0.29) is 11.8 Å². The first-order valence-corrected chi connectivity index (χ1v) is 10.1. The first-order chi connectivity index (χ1) is 14.0. The van der Waals surface area contributed by atoms with E-state index in [1.165, 1.54) is 11.1 Å². The number of aromatic nitrogens is 1. The Hall–Kier alpha value is -3.21. The average molecular weight is 404 g/mol. The summed E-state index contributed by atoms with van der Waals surface area (Å²) in [6.45, 7) is 13.0. The molecule has 0 fully saturated rings. The molecule has 0 radical (unpaired) electrons. The maximum absolute atomic E-state index is 11.4. The van der Waals surface area contributed by atoms with Gasteiger partial charge in [-0.05, 0) is 59.2 Å². The van der Waals surface area contributed by atoms with Crippen molar-refractivity contribution in [1.29, 1.82) is 0 Å². The molecule has 3 rings (SSSR count). The number of fused-ring (bicyclic) bond motifs is 1. The number of pyridine rings is 1. The number of aryl methyl sites for hydroxylation is 1. The monoisotopic (exact) mass is 403 g/mol. The van der Waals surface area contributed by atoms with Gasteiger partial charge in [-0.3, -0.25) is 14.6 Å². The highest BCUT2D eigenvalue weighted by Gasteiger charge is 2.28. The van der Waals surface area contributed by atoms with Crippen LogP contribution in [0.25, 0.3) is 5.57 Å². The van der Waals surface area contributed by atoms with Crippen molar-refractivity contribution < 1.29 is 9.59 Å². The van der Waals surface area contributed by atoms with Gasteiger partial charge >= 0.3 is 0 Å². The maximum Gasteiger partial charge on any atom is 0.230 e. The summed E-state index contributed by atoms with van der Waals surface area (Å²) in [6, 6.07) is 8.17. The Labute approximate surface area is 177 Å². The second-order valence-electron chi connectivity index (χ2n) is 8.72. The van der Waals surface area contributed by atoms with E-state index >= 15 is 0 Å². The molecule has 2 aromatic rings. The topological polar surface area (TPSA) is 99.1 Å². The number of rotatable bonds is 6. The van der Waals surface area contributed by atoms with Crippen molar-refractivity contribution in [2.75, 3.05) is 0 Å². The zero-order valence-electron chi connectivity index (χ0n) is 18.0. The van der Waals surface area contributed by atoms with Crippen LogP contribution in [0.2, 0.25) is 0 Å². The van der Waals surface area contributed by atoms with Gasteiger partial charge in [0.25, 0.3) is 0 Å². The number of allylic oxidation sites excluding steroid dienone is 2. The minimum atomic E-state index is -1.04. The van der Waals surface area contributed by atoms with E-state index in [1.54, 1.807) is 6.20 Å². The average Bonchev–Trinajstić information content (AvgIpc) is 2.68. The highest BCUT2D eigenvalue weighted by molar-refractivity contribution is 5.99. The normalized spacial score (nSPS) is 16.9. The number of amides is 2. The molecule has 0 saturated heterocycles. The van der Waals surface area contributed by atoms with Crippen LogP contribution in [0.15, 0.2) is 49.2 Å². The molecule has 0 spiro atoms. The summed E-state index contributed by atoms with van der Waals surface area (Å²) in [7, 11) is 0. The first-order valence-electron chi connectivity index (χ1n) is 10.1. The lowest BCUT2D eigenvalue weighted by Crippen LogP contribution is -2.36. The molecule has 1 unspecified atom stereocenters. The van der Waals surface area contributed by atoms with Crippen LogP contribution in [-0.4, -0.2) is 16.8 Å². The smallest absolute Gasteiger partial charge is 0.230 e. The number of hydrogen-bond acceptors (Lipinski definition) is 3. The van der Waals surface area contributed by atoms with Gasteiger partial charge in [0.15, 0.2) is 0 Å². The van der Waals surface area contributed by atoms with Gasteiger partial charge in [-0.15, -0.1) is 0 Å². The van der Waals surface area contributed by atoms with E-state index in [9.17, 15) is 9.59 Å². The van der Waals surface area contributed by atoms with Gasteiger partial charge in [0.2, 0.25) is 11.8 Å². The number of carbonyl (C=O) groups is 2. The van der Waals surface area contributed by atoms with E-state index in [0.717, 1.165) is 28.0 Å². The summed E-state index contributed by atoms with van der Waals surface area (Å²) in [5.41, 5.74) is 17.7. The predicted octanol–water partition coefficient (Wildman–Crippen LogP) is 3.53. The van der Waals surface area contributed by atoms with Crippen LogP contribution in [-0.2, 0) is 21.4 Å². The Balaban J connectivity index is 1.91. The number of nitrogens with zero attached hydrogens (tertiary/aromatic N) is 1. The van der Waals surface area contributed by atoms with Gasteiger partial charge < -0.3 is 11.5 Å². The molecule has 4 N–H and O–H groups in total. The summed E-state index contributed by atoms with van der Waals surface area (Å²) in [5.74, 6) is -2.12. The largest absolute Gasteiger partial charge is 0.369 e. The number of hydrogen-bond donors (Lipinski definition) is 2. The van der Waals surface area contributed by atoms with Crippen LogP contribution in [0.4, 0.5) is 0 Å². The molecule has 0 aliphatic heterocycles. The fourth-order valence-electron chi connectivity index (χ4n) is 4.01. The number of benzene rings is 1. The van der Waals surface area contributed by atoms with Crippen molar-refractivity contribution in [3.05, 3.63) is 82.7 Å². The third-order valence-electron chi connectivity index (χ3n) is 5.97. The Bertz CT molecular complexity index is 1030. The molecular formula is C25H29N3O2. The van der Waals surface area contributed by atoms with Crippen LogP contribution in [0, 0.1) is 12.8 Å². The summed E-state index contributed by atoms with van der Waals surface area (Å²) in [4.78, 5) is 27.3. The number of primary amides is 2. The lowest BCUT2D eigenvalue weighted by Gasteiger charge is -2.32. The lowest BCUT2D eigenvalue weighted by molar-refractivity contribution is -0.131. The molecule has 1 aromatic carbocycles. The predicted molar refractivity (Wildman–Crippen MR) is 120 cm³/mol. The minimum Gasteiger partial charge on any atom is -0.369 e. The van der Waals surface area contributed by atoms with Gasteiger partial charge in [-0.25, -0.2) is 0 Å². The highest BCUT2D eigenvalue weighted by atomic mass is 16.2. The van der Waals surface area contributed by atoms with Crippen LogP contribution in [0.5, 0.6) is 0 Å². The molecule has 156 valence electrons. The van der Waals surface area contributed by atoms with Crippen LogP contribution in [0.1, 0.15) is 60.2 Å². The molecular weight excluding hydrogens is 374 g/mol. The summed E-state index contributed by atoms with van der Waals surface area (Å²) < 4.78 is 0. The summed E-state index contributed by atoms with van der Waals surface area (Å²) in [5, 5.41) is 0. The maximum atomic E-state index is 11.4. The second kappa shape index (κ2) is 7.90. The lowest BCUT2D eigenvalue weighted by atomic mass is 9.72. The molecule has 1 aliphatic carbocycles. The molecule has 1 aliphatic rings. The van der Waals surface area contributed by atoms with Crippen LogP contribution in [0.3, 0.4) is 0 Å². The van der Waals surface area contributed by atoms with Crippen molar-refractivity contribution in [2.24, 2.45) is 17.4 Å². The quantitative estimate of drug-likeness (QED) is 0.570. The Morgan fingerprint density at radius 2 is 1.87 bits per heavy atom. The fourth-order valence-corrected chi connectivity index (χ4v) is 4.01. The molecule has 30 heavy (non-hydrogen) atoms. The van der Waals surface area contributed by atoms with E-state index < -0.39 is 17.7 Å². The van der Waals surface area contributed by atoms with Gasteiger partial charge in [-0.2, -0.15) is 0 Å². The third-order valence-corrected chi connectivity index (χ3v) is 5.97. The van der Waals surface area contributed by atoms with E-state index in [1.807, 2.05) is 12.1 Å². The standard InChI is InChI=1S/C25H29N3O2/c1-14-8-9-25(4,5)21-12-18(15(2)10-19(14)21)16(3)22-7-6-17(13-28-22)11-20(23(26)29)24(27)30/h6-10,12-14,20H,3,11H2,1-2,4-5H3,(H2,26,29)(H2,27,30). The molecule has 0 bridgehead atoms. The third kappa shape index (κ3) is 4.06. The van der Waals surface area contributed by atoms with Crippen molar-refractivity contribution in [2.45, 2.75) is 45.4 Å². The molecule has 2 amide bonds. The van der Waals surface area contributed by atoms with E-state index in [4.69, 9.17) is 11.5 Å². The Morgan fingerprint density at radius 1 is 1.20 bits per heavy atom. The van der Waals surface area contributed by atoms with Gasteiger partial charge in [0.05, 0.1) is 5.69 Å². The van der Waals surface area contributed by atoms with Crippen molar-refractivity contribution in [1.82, 2.24) is 4.98 Å². The molecule has 0 saturated carbocycles. The Kier molecular flexibility index (Phi) is 5.66. The van der Waals surface area contributed by atoms with Gasteiger partial charge in [0, 0.05) is 17.2 Å². The van der Waals surface area contributed by atoms with Crippen molar-refractivity contribution >= 4 is 17.4 Å².